The Bertz CT molecular complexity index is 913. The maximum Gasteiger partial charge on any atom is 0.240 e. The molecule has 0 spiro atoms. The molecule has 0 aliphatic carbocycles. The first-order chi connectivity index (χ1) is 11.2. The number of nitrogens with zero attached hydrogens (tertiary/aromatic N) is 3. The van der Waals surface area contributed by atoms with Gasteiger partial charge >= 0.3 is 0 Å². The molecule has 0 fully saturated rings. The third kappa shape index (κ3) is 2.48. The molecule has 3 heterocycles. The Labute approximate surface area is 132 Å². The van der Waals surface area contributed by atoms with Crippen LogP contribution >= 0.6 is 0 Å². The summed E-state index contributed by atoms with van der Waals surface area (Å²) < 4.78 is 0. The first-order valence-corrected chi connectivity index (χ1v) is 7.46. The van der Waals surface area contributed by atoms with E-state index in [0.29, 0.717) is 6.42 Å². The van der Waals surface area contributed by atoms with Gasteiger partial charge in [-0.05, 0) is 29.8 Å². The van der Waals surface area contributed by atoms with Gasteiger partial charge in [-0.2, -0.15) is 5.10 Å². The van der Waals surface area contributed by atoms with Crippen LogP contribution in [-0.2, 0) is 4.79 Å². The van der Waals surface area contributed by atoms with Crippen molar-refractivity contribution in [3.63, 3.8) is 0 Å². The number of hydrogen-bond acceptors (Lipinski definition) is 4. The zero-order valence-corrected chi connectivity index (χ0v) is 12.6. The summed E-state index contributed by atoms with van der Waals surface area (Å²) in [6.45, 7) is 2.02. The maximum absolute atomic E-state index is 11.4. The van der Waals surface area contributed by atoms with Gasteiger partial charge in [0.2, 0.25) is 5.91 Å². The smallest absolute Gasteiger partial charge is 0.240 e. The number of nitrogens with one attached hydrogen (secondary N) is 2. The minimum absolute atomic E-state index is 0.0324. The molecule has 3 aromatic rings. The van der Waals surface area contributed by atoms with E-state index in [0.717, 1.165) is 33.6 Å². The van der Waals surface area contributed by atoms with Crippen molar-refractivity contribution in [2.45, 2.75) is 13.3 Å². The molecule has 2 N–H and O–H groups in total. The van der Waals surface area contributed by atoms with Crippen molar-refractivity contribution in [1.29, 1.82) is 0 Å². The van der Waals surface area contributed by atoms with E-state index in [1.54, 1.807) is 6.20 Å². The highest BCUT2D eigenvalue weighted by Crippen LogP contribution is 2.25. The number of hydrogen-bond donors (Lipinski definition) is 2. The van der Waals surface area contributed by atoms with Gasteiger partial charge in [0.25, 0.3) is 0 Å². The van der Waals surface area contributed by atoms with E-state index in [1.165, 1.54) is 6.33 Å². The van der Waals surface area contributed by atoms with Crippen molar-refractivity contribution in [2.24, 2.45) is 11.0 Å². The zero-order chi connectivity index (χ0) is 15.8. The van der Waals surface area contributed by atoms with Crippen LogP contribution in [0.1, 0.15) is 18.9 Å². The molecule has 1 aliphatic rings. The minimum Gasteiger partial charge on any atom is -0.353 e. The SMILES string of the molecule is CC1CC(=O)NN=C1c1ccc2[nH]c(-c3ccncn3)cc2c1. The summed E-state index contributed by atoms with van der Waals surface area (Å²) in [7, 11) is 0. The second-order valence-electron chi connectivity index (χ2n) is 5.72. The van der Waals surface area contributed by atoms with Gasteiger partial charge in [-0.1, -0.05) is 13.0 Å². The molecule has 6 nitrogen and oxygen atoms in total. The van der Waals surface area contributed by atoms with Crippen LogP contribution in [-0.4, -0.2) is 26.6 Å². The summed E-state index contributed by atoms with van der Waals surface area (Å²) >= 11 is 0. The summed E-state index contributed by atoms with van der Waals surface area (Å²) in [5.41, 5.74) is 7.35. The Balaban J connectivity index is 1.75. The van der Waals surface area contributed by atoms with Gasteiger partial charge in [0.15, 0.2) is 0 Å². The van der Waals surface area contributed by atoms with Gasteiger partial charge < -0.3 is 4.98 Å². The van der Waals surface area contributed by atoms with Gasteiger partial charge in [0.1, 0.15) is 6.33 Å². The summed E-state index contributed by atoms with van der Waals surface area (Å²) in [4.78, 5) is 23.0. The predicted molar refractivity (Wildman–Crippen MR) is 87.8 cm³/mol. The first-order valence-electron chi connectivity index (χ1n) is 7.46. The van der Waals surface area contributed by atoms with Crippen molar-refractivity contribution in [3.05, 3.63) is 48.4 Å². The topological polar surface area (TPSA) is 83.0 Å². The average Bonchev–Trinajstić information content (AvgIpc) is 2.99. The monoisotopic (exact) mass is 305 g/mol. The molecule has 1 atom stereocenters. The molecule has 114 valence electrons. The van der Waals surface area contributed by atoms with Crippen molar-refractivity contribution < 1.29 is 4.79 Å². The molecule has 0 saturated carbocycles. The van der Waals surface area contributed by atoms with E-state index in [9.17, 15) is 4.79 Å². The highest BCUT2D eigenvalue weighted by atomic mass is 16.2. The number of aromatic nitrogens is 3. The number of hydrazone groups is 1. The third-order valence-electron chi connectivity index (χ3n) is 4.03. The molecule has 23 heavy (non-hydrogen) atoms. The van der Waals surface area contributed by atoms with Crippen LogP contribution in [0.25, 0.3) is 22.3 Å². The molecule has 0 bridgehead atoms. The molecule has 1 aromatic carbocycles. The first kappa shape index (κ1) is 13.6. The molecular formula is C17H15N5O. The number of amides is 1. The highest BCUT2D eigenvalue weighted by molar-refractivity contribution is 6.07. The Morgan fingerprint density at radius 3 is 2.91 bits per heavy atom. The van der Waals surface area contributed by atoms with E-state index in [-0.39, 0.29) is 11.8 Å². The normalized spacial score (nSPS) is 17.9. The second-order valence-corrected chi connectivity index (χ2v) is 5.72. The van der Waals surface area contributed by atoms with E-state index < -0.39 is 0 Å². The van der Waals surface area contributed by atoms with Gasteiger partial charge in [0.05, 0.1) is 17.1 Å². The summed E-state index contributed by atoms with van der Waals surface area (Å²) in [6.07, 6.45) is 3.73. The quantitative estimate of drug-likeness (QED) is 0.763. The molecule has 6 heteroatoms. The van der Waals surface area contributed by atoms with Crippen LogP contribution in [0.2, 0.25) is 0 Å². The van der Waals surface area contributed by atoms with Crippen LogP contribution in [0, 0.1) is 5.92 Å². The Kier molecular flexibility index (Phi) is 3.15. The third-order valence-corrected chi connectivity index (χ3v) is 4.03. The molecule has 0 saturated heterocycles. The van der Waals surface area contributed by atoms with Crippen LogP contribution < -0.4 is 5.43 Å². The number of H-pyrrole nitrogens is 1. The molecule has 0 radical (unpaired) electrons. The van der Waals surface area contributed by atoms with E-state index in [4.69, 9.17) is 0 Å². The fourth-order valence-corrected chi connectivity index (χ4v) is 2.88. The lowest BCUT2D eigenvalue weighted by Crippen LogP contribution is -2.31. The van der Waals surface area contributed by atoms with Gasteiger partial charge in [-0.15, -0.1) is 0 Å². The van der Waals surface area contributed by atoms with E-state index in [2.05, 4.69) is 37.6 Å². The standard InChI is InChI=1S/C17H15N5O/c1-10-6-16(23)21-22-17(10)11-2-3-13-12(7-11)8-15(20-13)14-4-5-18-9-19-14/h2-5,7-10,20H,6H2,1H3,(H,21,23). The van der Waals surface area contributed by atoms with Gasteiger partial charge in [-0.3, -0.25) is 4.79 Å². The van der Waals surface area contributed by atoms with Crippen LogP contribution in [0.4, 0.5) is 0 Å². The Morgan fingerprint density at radius 1 is 1.22 bits per heavy atom. The lowest BCUT2D eigenvalue weighted by Gasteiger charge is -2.19. The van der Waals surface area contributed by atoms with E-state index in [1.807, 2.05) is 25.1 Å². The Hall–Kier alpha value is -3.02. The molecular weight excluding hydrogens is 290 g/mol. The average molecular weight is 305 g/mol. The lowest BCUT2D eigenvalue weighted by molar-refractivity contribution is -0.121. The number of aromatic amines is 1. The van der Waals surface area contributed by atoms with Crippen molar-refractivity contribution in [1.82, 2.24) is 20.4 Å². The van der Waals surface area contributed by atoms with Crippen LogP contribution in [0.3, 0.4) is 0 Å². The summed E-state index contributed by atoms with van der Waals surface area (Å²) in [6, 6.07) is 10.1. The highest BCUT2D eigenvalue weighted by Gasteiger charge is 2.21. The molecule has 2 aromatic heterocycles. The fraction of sp³-hybridized carbons (Fsp3) is 0.176. The largest absolute Gasteiger partial charge is 0.353 e. The van der Waals surface area contributed by atoms with Gasteiger partial charge in [0, 0.05) is 29.4 Å². The second kappa shape index (κ2) is 5.31. The lowest BCUT2D eigenvalue weighted by atomic mass is 9.93. The summed E-state index contributed by atoms with van der Waals surface area (Å²) in [5, 5.41) is 5.31. The molecule has 1 amide bonds. The van der Waals surface area contributed by atoms with Crippen LogP contribution in [0.15, 0.2) is 48.0 Å². The number of carbonyl (C=O) groups excluding carboxylic acids is 1. The summed E-state index contributed by atoms with van der Waals surface area (Å²) in [5.74, 6) is 0.0801. The molecule has 1 unspecified atom stereocenters. The Morgan fingerprint density at radius 2 is 2.13 bits per heavy atom. The minimum atomic E-state index is -0.0324. The number of fused-ring (bicyclic) bond motifs is 1. The zero-order valence-electron chi connectivity index (χ0n) is 12.6. The molecule has 4 rings (SSSR count). The number of carbonyl (C=O) groups is 1. The van der Waals surface area contributed by atoms with Crippen LogP contribution in [0.5, 0.6) is 0 Å². The molecule has 1 aliphatic heterocycles. The maximum atomic E-state index is 11.4. The van der Waals surface area contributed by atoms with Gasteiger partial charge in [-0.25, -0.2) is 15.4 Å². The predicted octanol–water partition coefficient (Wildman–Crippen LogP) is 2.49. The fourth-order valence-electron chi connectivity index (χ4n) is 2.88. The number of benzene rings is 1. The van der Waals surface area contributed by atoms with Crippen molar-refractivity contribution in [3.8, 4) is 11.4 Å². The van der Waals surface area contributed by atoms with E-state index >= 15 is 0 Å². The van der Waals surface area contributed by atoms with Crippen molar-refractivity contribution >= 4 is 22.5 Å². The van der Waals surface area contributed by atoms with Crippen molar-refractivity contribution in [2.75, 3.05) is 0 Å². The number of rotatable bonds is 2.